The molecule has 1 aromatic carbocycles. The standard InChI is InChI=1S/C20H19N5OS/c1-13-9-16(14(2)24(13)3)17-11-27-20(22-17)23-19(26)18-10-21-12-25(18)15-7-5-4-6-8-15/h4-12H,1-3H3,(H,22,23,26). The van der Waals surface area contributed by atoms with Gasteiger partial charge in [-0.1, -0.05) is 18.2 Å². The Morgan fingerprint density at radius 1 is 1.19 bits per heavy atom. The Hall–Kier alpha value is -3.19. The van der Waals surface area contributed by atoms with Crippen molar-refractivity contribution >= 4 is 22.4 Å². The molecule has 0 unspecified atom stereocenters. The minimum absolute atomic E-state index is 0.238. The van der Waals surface area contributed by atoms with Crippen LogP contribution in [0.5, 0.6) is 0 Å². The predicted molar refractivity (Wildman–Crippen MR) is 108 cm³/mol. The van der Waals surface area contributed by atoms with Crippen LogP contribution in [0.2, 0.25) is 0 Å². The minimum Gasteiger partial charge on any atom is -0.351 e. The van der Waals surface area contributed by atoms with E-state index in [-0.39, 0.29) is 5.91 Å². The van der Waals surface area contributed by atoms with Gasteiger partial charge < -0.3 is 4.57 Å². The smallest absolute Gasteiger partial charge is 0.276 e. The molecule has 3 aromatic heterocycles. The molecule has 0 atom stereocenters. The molecule has 136 valence electrons. The van der Waals surface area contributed by atoms with Crippen molar-refractivity contribution in [1.29, 1.82) is 0 Å². The molecule has 3 heterocycles. The zero-order chi connectivity index (χ0) is 19.0. The number of imidazole rings is 1. The Morgan fingerprint density at radius 2 is 1.96 bits per heavy atom. The number of amides is 1. The highest BCUT2D eigenvalue weighted by Crippen LogP contribution is 2.29. The van der Waals surface area contributed by atoms with E-state index in [1.165, 1.54) is 17.0 Å². The van der Waals surface area contributed by atoms with E-state index in [2.05, 4.69) is 39.8 Å². The number of rotatable bonds is 4. The normalized spacial score (nSPS) is 10.9. The topological polar surface area (TPSA) is 64.7 Å². The van der Waals surface area contributed by atoms with Crippen molar-refractivity contribution in [3.05, 3.63) is 71.4 Å². The van der Waals surface area contributed by atoms with Crippen LogP contribution in [0.4, 0.5) is 5.13 Å². The number of aryl methyl sites for hydroxylation is 1. The summed E-state index contributed by atoms with van der Waals surface area (Å²) in [7, 11) is 2.04. The summed E-state index contributed by atoms with van der Waals surface area (Å²) in [6.45, 7) is 4.13. The Labute approximate surface area is 161 Å². The summed E-state index contributed by atoms with van der Waals surface area (Å²) in [4.78, 5) is 21.4. The maximum absolute atomic E-state index is 12.7. The van der Waals surface area contributed by atoms with Gasteiger partial charge in [0.2, 0.25) is 0 Å². The quantitative estimate of drug-likeness (QED) is 0.580. The van der Waals surface area contributed by atoms with Gasteiger partial charge in [0.1, 0.15) is 5.69 Å². The molecule has 7 heteroatoms. The number of nitrogens with zero attached hydrogens (tertiary/aromatic N) is 4. The summed E-state index contributed by atoms with van der Waals surface area (Å²) in [5.74, 6) is -0.238. The maximum Gasteiger partial charge on any atom is 0.276 e. The Kier molecular flexibility index (Phi) is 4.37. The van der Waals surface area contributed by atoms with Crippen molar-refractivity contribution in [2.45, 2.75) is 13.8 Å². The average molecular weight is 377 g/mol. The molecule has 27 heavy (non-hydrogen) atoms. The first-order valence-electron chi connectivity index (χ1n) is 8.52. The molecule has 0 fully saturated rings. The lowest BCUT2D eigenvalue weighted by molar-refractivity contribution is 0.102. The number of carbonyl (C=O) groups is 1. The van der Waals surface area contributed by atoms with Crippen LogP contribution >= 0.6 is 11.3 Å². The van der Waals surface area contributed by atoms with E-state index >= 15 is 0 Å². The van der Waals surface area contributed by atoms with Crippen molar-refractivity contribution in [3.63, 3.8) is 0 Å². The number of aromatic nitrogens is 4. The molecule has 0 saturated heterocycles. The average Bonchev–Trinajstić information content (AvgIpc) is 3.39. The van der Waals surface area contributed by atoms with E-state index < -0.39 is 0 Å². The van der Waals surface area contributed by atoms with Gasteiger partial charge >= 0.3 is 0 Å². The number of hydrogen-bond acceptors (Lipinski definition) is 4. The van der Waals surface area contributed by atoms with E-state index in [0.717, 1.165) is 22.6 Å². The number of benzene rings is 1. The Balaban J connectivity index is 1.58. The molecular formula is C20H19N5OS. The Morgan fingerprint density at radius 3 is 2.67 bits per heavy atom. The summed E-state index contributed by atoms with van der Waals surface area (Å²) in [6, 6.07) is 11.8. The molecule has 0 aliphatic rings. The fourth-order valence-corrected chi connectivity index (χ4v) is 3.69. The van der Waals surface area contributed by atoms with Crippen LogP contribution in [0.3, 0.4) is 0 Å². The molecular weight excluding hydrogens is 358 g/mol. The van der Waals surface area contributed by atoms with Gasteiger partial charge in [-0.3, -0.25) is 14.7 Å². The first-order chi connectivity index (χ1) is 13.0. The van der Waals surface area contributed by atoms with Crippen LogP contribution in [-0.4, -0.2) is 25.0 Å². The zero-order valence-corrected chi connectivity index (χ0v) is 16.1. The number of nitrogens with one attached hydrogen (secondary N) is 1. The number of thiazole rings is 1. The lowest BCUT2D eigenvalue weighted by Gasteiger charge is -2.07. The monoisotopic (exact) mass is 377 g/mol. The van der Waals surface area contributed by atoms with Crippen molar-refractivity contribution in [2.75, 3.05) is 5.32 Å². The van der Waals surface area contributed by atoms with E-state index in [1.807, 2.05) is 42.8 Å². The van der Waals surface area contributed by atoms with E-state index in [4.69, 9.17) is 0 Å². The molecule has 0 aliphatic carbocycles. The molecule has 0 radical (unpaired) electrons. The summed E-state index contributed by atoms with van der Waals surface area (Å²) in [5.41, 5.74) is 5.62. The molecule has 6 nitrogen and oxygen atoms in total. The first kappa shape index (κ1) is 17.2. The zero-order valence-electron chi connectivity index (χ0n) is 15.3. The minimum atomic E-state index is -0.238. The molecule has 4 rings (SSSR count). The van der Waals surface area contributed by atoms with E-state index in [1.54, 1.807) is 17.1 Å². The third-order valence-electron chi connectivity index (χ3n) is 4.68. The molecule has 1 amide bonds. The van der Waals surface area contributed by atoms with Crippen LogP contribution in [-0.2, 0) is 7.05 Å². The van der Waals surface area contributed by atoms with Gasteiger partial charge in [-0.15, -0.1) is 11.3 Å². The van der Waals surface area contributed by atoms with Crippen LogP contribution < -0.4 is 5.32 Å². The number of carbonyl (C=O) groups excluding carboxylic acids is 1. The van der Waals surface area contributed by atoms with Gasteiger partial charge in [-0.25, -0.2) is 9.97 Å². The summed E-state index contributed by atoms with van der Waals surface area (Å²) >= 11 is 1.41. The first-order valence-corrected chi connectivity index (χ1v) is 9.40. The van der Waals surface area contributed by atoms with Gasteiger partial charge in [0.05, 0.1) is 18.2 Å². The van der Waals surface area contributed by atoms with Crippen LogP contribution in [0, 0.1) is 13.8 Å². The fraction of sp³-hybridized carbons (Fsp3) is 0.150. The third kappa shape index (κ3) is 3.17. The lowest BCUT2D eigenvalue weighted by Crippen LogP contribution is -2.15. The number of anilines is 1. The highest BCUT2D eigenvalue weighted by molar-refractivity contribution is 7.14. The summed E-state index contributed by atoms with van der Waals surface area (Å²) in [6.07, 6.45) is 3.19. The molecule has 0 spiro atoms. The predicted octanol–water partition coefficient (Wildman–Crippen LogP) is 4.20. The second kappa shape index (κ2) is 6.85. The number of hydrogen-bond donors (Lipinski definition) is 1. The SMILES string of the molecule is Cc1cc(-c2csc(NC(=O)c3cncn3-c3ccccc3)n2)c(C)n1C. The second-order valence-corrected chi connectivity index (χ2v) is 7.18. The molecule has 0 bridgehead atoms. The third-order valence-corrected chi connectivity index (χ3v) is 5.44. The number of para-hydroxylation sites is 1. The maximum atomic E-state index is 12.7. The molecule has 0 saturated carbocycles. The van der Waals surface area contributed by atoms with E-state index in [0.29, 0.717) is 10.8 Å². The summed E-state index contributed by atoms with van der Waals surface area (Å²) in [5, 5.41) is 5.42. The molecule has 0 aliphatic heterocycles. The van der Waals surface area contributed by atoms with Gasteiger partial charge in [0, 0.05) is 35.1 Å². The lowest BCUT2D eigenvalue weighted by atomic mass is 10.2. The Bertz CT molecular complexity index is 1110. The summed E-state index contributed by atoms with van der Waals surface area (Å²) < 4.78 is 3.89. The molecule has 1 N–H and O–H groups in total. The van der Waals surface area contributed by atoms with Gasteiger partial charge in [0.15, 0.2) is 5.13 Å². The van der Waals surface area contributed by atoms with Gasteiger partial charge in [0.25, 0.3) is 5.91 Å². The molecule has 4 aromatic rings. The van der Waals surface area contributed by atoms with Crippen LogP contribution in [0.1, 0.15) is 21.9 Å². The fourth-order valence-electron chi connectivity index (χ4n) is 2.99. The van der Waals surface area contributed by atoms with E-state index in [9.17, 15) is 4.79 Å². The second-order valence-electron chi connectivity index (χ2n) is 6.32. The van der Waals surface area contributed by atoms with Crippen molar-refractivity contribution in [2.24, 2.45) is 7.05 Å². The van der Waals surface area contributed by atoms with Crippen molar-refractivity contribution in [3.8, 4) is 16.9 Å². The van der Waals surface area contributed by atoms with Gasteiger partial charge in [-0.2, -0.15) is 0 Å². The van der Waals surface area contributed by atoms with Crippen LogP contribution in [0.15, 0.2) is 54.3 Å². The van der Waals surface area contributed by atoms with Crippen molar-refractivity contribution < 1.29 is 4.79 Å². The largest absolute Gasteiger partial charge is 0.351 e. The van der Waals surface area contributed by atoms with Gasteiger partial charge in [-0.05, 0) is 32.0 Å². The highest BCUT2D eigenvalue weighted by Gasteiger charge is 2.16. The van der Waals surface area contributed by atoms with Crippen molar-refractivity contribution in [1.82, 2.24) is 19.1 Å². The van der Waals surface area contributed by atoms with Crippen LogP contribution in [0.25, 0.3) is 16.9 Å². The highest BCUT2D eigenvalue weighted by atomic mass is 32.1.